The number of carbonyl (C=O) groups is 2. The van der Waals surface area contributed by atoms with Crippen molar-refractivity contribution >= 4 is 21.9 Å². The van der Waals surface area contributed by atoms with Crippen LogP contribution < -0.4 is 5.32 Å². The highest BCUT2D eigenvalue weighted by Crippen LogP contribution is 2.21. The third-order valence-electron chi connectivity index (χ3n) is 3.67. The summed E-state index contributed by atoms with van der Waals surface area (Å²) in [4.78, 5) is 22.5. The second kappa shape index (κ2) is 7.56. The quantitative estimate of drug-likeness (QED) is 0.806. The van der Waals surface area contributed by atoms with Gasteiger partial charge in [0.25, 0.3) is 5.91 Å². The van der Waals surface area contributed by atoms with E-state index in [4.69, 9.17) is 5.11 Å². The van der Waals surface area contributed by atoms with Crippen molar-refractivity contribution in [3.63, 3.8) is 0 Å². The van der Waals surface area contributed by atoms with Gasteiger partial charge < -0.3 is 10.4 Å². The first kappa shape index (κ1) is 17.4. The number of carbonyl (C=O) groups excluding carboxylic acids is 1. The van der Waals surface area contributed by atoms with Crippen molar-refractivity contribution in [1.82, 2.24) is 9.62 Å². The van der Waals surface area contributed by atoms with Crippen molar-refractivity contribution in [3.05, 3.63) is 29.8 Å². The van der Waals surface area contributed by atoms with E-state index in [2.05, 4.69) is 5.32 Å². The summed E-state index contributed by atoms with van der Waals surface area (Å²) in [7, 11) is -3.59. The van der Waals surface area contributed by atoms with Gasteiger partial charge in [-0.25, -0.2) is 8.42 Å². The topological polar surface area (TPSA) is 104 Å². The summed E-state index contributed by atoms with van der Waals surface area (Å²) in [6, 6.07) is 5.83. The fourth-order valence-corrected chi connectivity index (χ4v) is 4.00. The summed E-state index contributed by atoms with van der Waals surface area (Å²) in [5, 5.41) is 11.0. The van der Waals surface area contributed by atoms with Crippen molar-refractivity contribution < 1.29 is 23.1 Å². The minimum Gasteiger partial charge on any atom is -0.481 e. The molecule has 0 aromatic heterocycles. The summed E-state index contributed by atoms with van der Waals surface area (Å²) in [6.45, 7) is 0.992. The van der Waals surface area contributed by atoms with E-state index in [0.717, 1.165) is 19.3 Å². The van der Waals surface area contributed by atoms with Crippen LogP contribution in [0, 0.1) is 0 Å². The molecule has 0 bridgehead atoms. The molecule has 1 aliphatic rings. The Labute approximate surface area is 135 Å². The van der Waals surface area contributed by atoms with Crippen LogP contribution in [0.5, 0.6) is 0 Å². The largest absolute Gasteiger partial charge is 0.481 e. The highest BCUT2D eigenvalue weighted by Gasteiger charge is 2.26. The van der Waals surface area contributed by atoms with Gasteiger partial charge >= 0.3 is 5.97 Å². The van der Waals surface area contributed by atoms with Crippen LogP contribution in [0.3, 0.4) is 0 Å². The van der Waals surface area contributed by atoms with Crippen molar-refractivity contribution in [2.75, 3.05) is 19.6 Å². The van der Waals surface area contributed by atoms with Gasteiger partial charge in [-0.3, -0.25) is 9.59 Å². The van der Waals surface area contributed by atoms with E-state index in [1.807, 2.05) is 0 Å². The molecule has 1 amide bonds. The van der Waals surface area contributed by atoms with Crippen LogP contribution in [-0.4, -0.2) is 49.3 Å². The first-order valence-corrected chi connectivity index (χ1v) is 8.95. The molecule has 7 nitrogen and oxygen atoms in total. The lowest BCUT2D eigenvalue weighted by Crippen LogP contribution is -2.35. The summed E-state index contributed by atoms with van der Waals surface area (Å²) >= 11 is 0. The molecule has 2 N–H and O–H groups in total. The number of piperidine rings is 1. The predicted molar refractivity (Wildman–Crippen MR) is 83.6 cm³/mol. The average Bonchev–Trinajstić information content (AvgIpc) is 2.55. The fourth-order valence-electron chi connectivity index (χ4n) is 2.44. The third kappa shape index (κ3) is 4.52. The smallest absolute Gasteiger partial charge is 0.305 e. The number of rotatable bonds is 6. The van der Waals surface area contributed by atoms with Gasteiger partial charge in [0.15, 0.2) is 0 Å². The zero-order valence-corrected chi connectivity index (χ0v) is 13.5. The molecule has 0 unspecified atom stereocenters. The van der Waals surface area contributed by atoms with Crippen LogP contribution in [0.25, 0.3) is 0 Å². The third-order valence-corrected chi connectivity index (χ3v) is 5.57. The van der Waals surface area contributed by atoms with Gasteiger partial charge in [0.05, 0.1) is 11.3 Å². The summed E-state index contributed by atoms with van der Waals surface area (Å²) in [5.41, 5.74) is 0.202. The lowest BCUT2D eigenvalue weighted by Gasteiger charge is -2.26. The Morgan fingerprint density at radius 2 is 1.87 bits per heavy atom. The predicted octanol–water partition coefficient (Wildman–Crippen LogP) is 1.07. The Morgan fingerprint density at radius 3 is 2.52 bits per heavy atom. The van der Waals surface area contributed by atoms with Crippen LogP contribution in [0.2, 0.25) is 0 Å². The number of carboxylic acid groups (broad SMARTS) is 1. The Balaban J connectivity index is 2.12. The maximum Gasteiger partial charge on any atom is 0.305 e. The van der Waals surface area contributed by atoms with Crippen molar-refractivity contribution in [2.24, 2.45) is 0 Å². The summed E-state index contributed by atoms with van der Waals surface area (Å²) < 4.78 is 26.6. The molecule has 2 rings (SSSR count). The molecule has 8 heteroatoms. The highest BCUT2D eigenvalue weighted by atomic mass is 32.2. The number of sulfonamides is 1. The summed E-state index contributed by atoms with van der Waals surface area (Å²) in [6.07, 6.45) is 2.53. The maximum atomic E-state index is 12.6. The number of benzene rings is 1. The minimum absolute atomic E-state index is 0.00271. The molecular formula is C15H20N2O5S. The van der Waals surface area contributed by atoms with E-state index < -0.39 is 21.9 Å². The van der Waals surface area contributed by atoms with Gasteiger partial charge in [-0.15, -0.1) is 0 Å². The Kier molecular flexibility index (Phi) is 5.73. The standard InChI is InChI=1S/C15H20N2O5S/c18-14(19)7-8-16-15(20)12-5-4-6-13(11-12)23(21,22)17-9-2-1-3-10-17/h4-6,11H,1-3,7-10H2,(H,16,20)(H,18,19). The van der Waals surface area contributed by atoms with E-state index in [0.29, 0.717) is 13.1 Å². The molecule has 0 saturated carbocycles. The van der Waals surface area contributed by atoms with Crippen LogP contribution in [0.4, 0.5) is 0 Å². The monoisotopic (exact) mass is 340 g/mol. The van der Waals surface area contributed by atoms with Crippen LogP contribution in [0.15, 0.2) is 29.2 Å². The first-order chi connectivity index (χ1) is 10.9. The molecule has 1 aliphatic heterocycles. The zero-order valence-electron chi connectivity index (χ0n) is 12.7. The van der Waals surface area contributed by atoms with Gasteiger partial charge in [-0.05, 0) is 31.0 Å². The molecule has 1 heterocycles. The van der Waals surface area contributed by atoms with E-state index in [-0.39, 0.29) is 23.4 Å². The number of nitrogens with one attached hydrogen (secondary N) is 1. The molecule has 126 valence electrons. The number of hydrogen-bond donors (Lipinski definition) is 2. The fraction of sp³-hybridized carbons (Fsp3) is 0.467. The lowest BCUT2D eigenvalue weighted by atomic mass is 10.2. The Morgan fingerprint density at radius 1 is 1.17 bits per heavy atom. The molecule has 23 heavy (non-hydrogen) atoms. The van der Waals surface area contributed by atoms with Gasteiger partial charge in [-0.1, -0.05) is 12.5 Å². The zero-order chi connectivity index (χ0) is 16.9. The lowest BCUT2D eigenvalue weighted by molar-refractivity contribution is -0.136. The molecule has 0 atom stereocenters. The van der Waals surface area contributed by atoms with Gasteiger partial charge in [0.1, 0.15) is 0 Å². The number of carboxylic acids is 1. The molecule has 1 saturated heterocycles. The molecule has 1 fully saturated rings. The first-order valence-electron chi connectivity index (χ1n) is 7.51. The molecule has 1 aromatic carbocycles. The maximum absolute atomic E-state index is 12.6. The van der Waals surface area contributed by atoms with Crippen LogP contribution >= 0.6 is 0 Å². The molecule has 0 aliphatic carbocycles. The SMILES string of the molecule is O=C(O)CCNC(=O)c1cccc(S(=O)(=O)N2CCCCC2)c1. The second-order valence-corrected chi connectivity index (χ2v) is 7.33. The number of amides is 1. The Bertz CT molecular complexity index is 681. The number of hydrogen-bond acceptors (Lipinski definition) is 4. The van der Waals surface area contributed by atoms with Crippen molar-refractivity contribution in [2.45, 2.75) is 30.6 Å². The van der Waals surface area contributed by atoms with Crippen molar-refractivity contribution in [1.29, 1.82) is 0 Å². The van der Waals surface area contributed by atoms with Gasteiger partial charge in [0.2, 0.25) is 10.0 Å². The Hall–Kier alpha value is -1.93. The van der Waals surface area contributed by atoms with E-state index in [9.17, 15) is 18.0 Å². The van der Waals surface area contributed by atoms with Crippen molar-refractivity contribution in [3.8, 4) is 0 Å². The number of nitrogens with zero attached hydrogens (tertiary/aromatic N) is 1. The van der Waals surface area contributed by atoms with E-state index in [1.54, 1.807) is 0 Å². The average molecular weight is 340 g/mol. The summed E-state index contributed by atoms with van der Waals surface area (Å²) in [5.74, 6) is -1.49. The molecule has 1 aromatic rings. The molecule has 0 spiro atoms. The minimum atomic E-state index is -3.59. The normalized spacial score (nSPS) is 16.0. The highest BCUT2D eigenvalue weighted by molar-refractivity contribution is 7.89. The van der Waals surface area contributed by atoms with Gasteiger partial charge in [-0.2, -0.15) is 4.31 Å². The second-order valence-electron chi connectivity index (χ2n) is 5.39. The van der Waals surface area contributed by atoms with Crippen LogP contribution in [0.1, 0.15) is 36.0 Å². The van der Waals surface area contributed by atoms with Gasteiger partial charge in [0, 0.05) is 25.2 Å². The van der Waals surface area contributed by atoms with E-state index in [1.165, 1.54) is 28.6 Å². The molecule has 0 radical (unpaired) electrons. The molecular weight excluding hydrogens is 320 g/mol. The number of aliphatic carboxylic acids is 1. The van der Waals surface area contributed by atoms with E-state index >= 15 is 0 Å². The van der Waals surface area contributed by atoms with Crippen LogP contribution in [-0.2, 0) is 14.8 Å².